The minimum absolute atomic E-state index is 0.281. The summed E-state index contributed by atoms with van der Waals surface area (Å²) in [5.41, 5.74) is 3.13. The fourth-order valence-electron chi connectivity index (χ4n) is 2.99. The molecule has 3 aromatic rings. The molecule has 1 aliphatic carbocycles. The third-order valence-corrected chi connectivity index (χ3v) is 3.83. The van der Waals surface area contributed by atoms with Crippen LogP contribution < -0.4 is 0 Å². The van der Waals surface area contributed by atoms with Crippen molar-refractivity contribution in [3.63, 3.8) is 0 Å². The number of nitrogens with zero attached hydrogens (tertiary/aromatic N) is 1. The van der Waals surface area contributed by atoms with Crippen LogP contribution in [0.2, 0.25) is 0 Å². The fourth-order valence-corrected chi connectivity index (χ4v) is 2.99. The van der Waals surface area contributed by atoms with E-state index in [0.717, 1.165) is 17.3 Å². The van der Waals surface area contributed by atoms with Crippen molar-refractivity contribution < 1.29 is 13.2 Å². The summed E-state index contributed by atoms with van der Waals surface area (Å²) in [5, 5.41) is 7.21. The van der Waals surface area contributed by atoms with Crippen LogP contribution in [-0.2, 0) is 19.0 Å². The SMILES string of the molecule is FC(F)(F)c1cccc2[nH]c3c(c12)CCc1c[nH]nc1-3. The monoisotopic (exact) mass is 277 g/mol. The highest BCUT2D eigenvalue weighted by atomic mass is 19.4. The molecule has 102 valence electrons. The highest BCUT2D eigenvalue weighted by Gasteiger charge is 2.35. The van der Waals surface area contributed by atoms with Gasteiger partial charge in [-0.3, -0.25) is 5.10 Å². The second-order valence-electron chi connectivity index (χ2n) is 4.96. The Bertz CT molecular complexity index is 811. The first kappa shape index (κ1) is 11.6. The normalized spacial score (nSPS) is 14.3. The molecule has 1 aliphatic rings. The first-order valence-corrected chi connectivity index (χ1v) is 6.29. The minimum atomic E-state index is -4.35. The van der Waals surface area contributed by atoms with Crippen LogP contribution in [0, 0.1) is 0 Å². The molecule has 3 nitrogen and oxygen atoms in total. The number of H-pyrrole nitrogens is 2. The van der Waals surface area contributed by atoms with Crippen molar-refractivity contribution >= 4 is 10.9 Å². The average Bonchev–Trinajstić information content (AvgIpc) is 3.00. The standard InChI is InChI=1S/C14H10F3N3/c15-14(16,17)9-2-1-3-10-11(9)8-5-4-7-6-18-20-12(7)13(8)19-10/h1-3,6,19H,4-5H2,(H,18,20). The summed E-state index contributed by atoms with van der Waals surface area (Å²) in [5.74, 6) is 0. The third-order valence-electron chi connectivity index (χ3n) is 3.83. The van der Waals surface area contributed by atoms with E-state index < -0.39 is 11.7 Å². The van der Waals surface area contributed by atoms with Crippen molar-refractivity contribution in [1.29, 1.82) is 0 Å². The summed E-state index contributed by atoms with van der Waals surface area (Å²) in [6, 6.07) is 4.24. The van der Waals surface area contributed by atoms with Gasteiger partial charge in [-0.2, -0.15) is 18.3 Å². The topological polar surface area (TPSA) is 44.5 Å². The molecule has 2 N–H and O–H groups in total. The molecular formula is C14H10F3N3. The van der Waals surface area contributed by atoms with E-state index in [9.17, 15) is 13.2 Å². The van der Waals surface area contributed by atoms with Gasteiger partial charge in [0.1, 0.15) is 5.69 Å². The predicted octanol–water partition coefficient (Wildman–Crippen LogP) is 3.68. The van der Waals surface area contributed by atoms with Crippen molar-refractivity contribution in [2.24, 2.45) is 0 Å². The van der Waals surface area contributed by atoms with Crippen LogP contribution in [0.1, 0.15) is 16.7 Å². The van der Waals surface area contributed by atoms with Crippen LogP contribution in [0.25, 0.3) is 22.3 Å². The smallest absolute Gasteiger partial charge is 0.353 e. The van der Waals surface area contributed by atoms with E-state index in [-0.39, 0.29) is 5.39 Å². The quantitative estimate of drug-likeness (QED) is 0.647. The first-order valence-electron chi connectivity index (χ1n) is 6.29. The zero-order valence-corrected chi connectivity index (χ0v) is 10.3. The van der Waals surface area contributed by atoms with E-state index in [0.29, 0.717) is 29.6 Å². The average molecular weight is 277 g/mol. The van der Waals surface area contributed by atoms with Crippen molar-refractivity contribution in [2.45, 2.75) is 19.0 Å². The van der Waals surface area contributed by atoms with E-state index >= 15 is 0 Å². The lowest BCUT2D eigenvalue weighted by molar-refractivity contribution is -0.136. The predicted molar refractivity (Wildman–Crippen MR) is 68.3 cm³/mol. The number of hydrogen-bond donors (Lipinski definition) is 2. The Kier molecular flexibility index (Phi) is 2.11. The Morgan fingerprint density at radius 3 is 2.80 bits per heavy atom. The largest absolute Gasteiger partial charge is 0.417 e. The number of alkyl halides is 3. The number of hydrogen-bond acceptors (Lipinski definition) is 1. The van der Waals surface area contributed by atoms with E-state index in [1.165, 1.54) is 6.07 Å². The minimum Gasteiger partial charge on any atom is -0.353 e. The summed E-state index contributed by atoms with van der Waals surface area (Å²) >= 11 is 0. The van der Waals surface area contributed by atoms with Gasteiger partial charge in [-0.1, -0.05) is 6.07 Å². The number of fused-ring (bicyclic) bond motifs is 5. The van der Waals surface area contributed by atoms with E-state index in [2.05, 4.69) is 15.2 Å². The van der Waals surface area contributed by atoms with Gasteiger partial charge in [-0.15, -0.1) is 0 Å². The lowest BCUT2D eigenvalue weighted by Gasteiger charge is -2.13. The summed E-state index contributed by atoms with van der Waals surface area (Å²) in [4.78, 5) is 3.09. The van der Waals surface area contributed by atoms with Gasteiger partial charge in [0.2, 0.25) is 0 Å². The second-order valence-corrected chi connectivity index (χ2v) is 4.96. The molecule has 0 atom stereocenters. The maximum atomic E-state index is 13.2. The Labute approximate surface area is 111 Å². The number of benzene rings is 1. The first-order chi connectivity index (χ1) is 9.55. The molecule has 0 aliphatic heterocycles. The van der Waals surface area contributed by atoms with Gasteiger partial charge in [-0.25, -0.2) is 0 Å². The fraction of sp³-hybridized carbons (Fsp3) is 0.214. The molecule has 0 amide bonds. The number of nitrogens with one attached hydrogen (secondary N) is 2. The summed E-state index contributed by atoms with van der Waals surface area (Å²) in [7, 11) is 0. The van der Waals surface area contributed by atoms with Gasteiger partial charge >= 0.3 is 6.18 Å². The number of aryl methyl sites for hydroxylation is 2. The number of halogens is 3. The van der Waals surface area contributed by atoms with Gasteiger partial charge in [0.15, 0.2) is 0 Å². The van der Waals surface area contributed by atoms with Crippen LogP contribution in [0.3, 0.4) is 0 Å². The van der Waals surface area contributed by atoms with Gasteiger partial charge in [0, 0.05) is 17.1 Å². The lowest BCUT2D eigenvalue weighted by atomic mass is 9.92. The molecule has 0 saturated heterocycles. The van der Waals surface area contributed by atoms with Crippen molar-refractivity contribution in [2.75, 3.05) is 0 Å². The van der Waals surface area contributed by atoms with E-state index in [1.54, 1.807) is 12.3 Å². The molecule has 0 radical (unpaired) electrons. The van der Waals surface area contributed by atoms with Gasteiger partial charge in [0.25, 0.3) is 0 Å². The highest BCUT2D eigenvalue weighted by molar-refractivity contribution is 5.94. The molecule has 0 fully saturated rings. The Hall–Kier alpha value is -2.24. The zero-order valence-electron chi connectivity index (χ0n) is 10.3. The third kappa shape index (κ3) is 1.44. The molecule has 0 spiro atoms. The van der Waals surface area contributed by atoms with E-state index in [4.69, 9.17) is 0 Å². The summed E-state index contributed by atoms with van der Waals surface area (Å²) in [6.45, 7) is 0. The number of aromatic nitrogens is 3. The molecule has 2 heterocycles. The number of rotatable bonds is 0. The Morgan fingerprint density at radius 2 is 2.00 bits per heavy atom. The maximum absolute atomic E-state index is 13.2. The van der Waals surface area contributed by atoms with Crippen molar-refractivity contribution in [3.05, 3.63) is 41.1 Å². The van der Waals surface area contributed by atoms with Crippen LogP contribution in [-0.4, -0.2) is 15.2 Å². The molecule has 6 heteroatoms. The van der Waals surface area contributed by atoms with Crippen molar-refractivity contribution in [3.8, 4) is 11.4 Å². The van der Waals surface area contributed by atoms with Gasteiger partial charge < -0.3 is 4.98 Å². The van der Waals surface area contributed by atoms with Gasteiger partial charge in [-0.05, 0) is 36.1 Å². The summed E-state index contributed by atoms with van der Waals surface area (Å²) in [6.07, 6.45) is -1.25. The molecule has 0 unspecified atom stereocenters. The van der Waals surface area contributed by atoms with Crippen molar-refractivity contribution in [1.82, 2.24) is 15.2 Å². The second kappa shape index (κ2) is 3.65. The van der Waals surface area contributed by atoms with E-state index in [1.807, 2.05) is 0 Å². The maximum Gasteiger partial charge on any atom is 0.417 e. The number of aromatic amines is 2. The zero-order chi connectivity index (χ0) is 13.9. The van der Waals surface area contributed by atoms with Crippen LogP contribution in [0.4, 0.5) is 13.2 Å². The van der Waals surface area contributed by atoms with Gasteiger partial charge in [0.05, 0.1) is 11.3 Å². The molecule has 20 heavy (non-hydrogen) atoms. The van der Waals surface area contributed by atoms with Crippen LogP contribution in [0.15, 0.2) is 24.4 Å². The van der Waals surface area contributed by atoms with Crippen LogP contribution >= 0.6 is 0 Å². The van der Waals surface area contributed by atoms with Crippen LogP contribution in [0.5, 0.6) is 0 Å². The Balaban J connectivity index is 2.09. The summed E-state index contributed by atoms with van der Waals surface area (Å²) < 4.78 is 39.5. The molecule has 1 aromatic carbocycles. The molecule has 2 aromatic heterocycles. The molecule has 4 rings (SSSR count). The Morgan fingerprint density at radius 1 is 1.15 bits per heavy atom. The lowest BCUT2D eigenvalue weighted by Crippen LogP contribution is -2.07. The molecule has 0 bridgehead atoms. The molecule has 0 saturated carbocycles. The molecular weight excluding hydrogens is 267 g/mol. The highest BCUT2D eigenvalue weighted by Crippen LogP contribution is 2.42.